The number of nitrogens with zero attached hydrogens (tertiary/aromatic N) is 2. The van der Waals surface area contributed by atoms with Crippen molar-refractivity contribution in [2.24, 2.45) is 0 Å². The SMILES string of the molecule is CNc1ncc(Br)cn1.Cl. The molecule has 0 saturated heterocycles. The average molecular weight is 224 g/mol. The van der Waals surface area contributed by atoms with Crippen molar-refractivity contribution in [3.8, 4) is 0 Å². The zero-order valence-electron chi connectivity index (χ0n) is 5.34. The predicted molar refractivity (Wildman–Crippen MR) is 46.5 cm³/mol. The maximum absolute atomic E-state index is 3.93. The molecular formula is C5H7BrClN3. The minimum Gasteiger partial charge on any atom is -0.357 e. The van der Waals surface area contributed by atoms with Crippen LogP contribution in [0.2, 0.25) is 0 Å². The molecule has 0 fully saturated rings. The van der Waals surface area contributed by atoms with E-state index in [2.05, 4.69) is 31.2 Å². The molecule has 0 atom stereocenters. The van der Waals surface area contributed by atoms with Gasteiger partial charge in [0, 0.05) is 19.4 Å². The number of nitrogens with one attached hydrogen (secondary N) is 1. The summed E-state index contributed by atoms with van der Waals surface area (Å²) < 4.78 is 0.890. The fourth-order valence-corrected chi connectivity index (χ4v) is 0.646. The molecule has 1 N–H and O–H groups in total. The van der Waals surface area contributed by atoms with Gasteiger partial charge in [0.15, 0.2) is 0 Å². The lowest BCUT2D eigenvalue weighted by atomic mass is 10.7. The lowest BCUT2D eigenvalue weighted by Gasteiger charge is -1.94. The molecule has 0 unspecified atom stereocenters. The molecule has 1 rings (SSSR count). The van der Waals surface area contributed by atoms with Gasteiger partial charge in [0.2, 0.25) is 5.95 Å². The first-order valence-electron chi connectivity index (χ1n) is 2.48. The molecule has 1 aromatic rings. The predicted octanol–water partition coefficient (Wildman–Crippen LogP) is 1.70. The Bertz CT molecular complexity index is 189. The van der Waals surface area contributed by atoms with E-state index in [4.69, 9.17) is 0 Å². The second kappa shape index (κ2) is 4.46. The highest BCUT2D eigenvalue weighted by molar-refractivity contribution is 9.10. The summed E-state index contributed by atoms with van der Waals surface area (Å²) in [5.41, 5.74) is 0. The molecular weight excluding hydrogens is 217 g/mol. The highest BCUT2D eigenvalue weighted by Crippen LogP contribution is 2.05. The van der Waals surface area contributed by atoms with Crippen LogP contribution in [-0.2, 0) is 0 Å². The molecule has 0 saturated carbocycles. The Morgan fingerprint density at radius 1 is 1.40 bits per heavy atom. The van der Waals surface area contributed by atoms with Gasteiger partial charge < -0.3 is 5.32 Å². The van der Waals surface area contributed by atoms with Crippen LogP contribution in [0.4, 0.5) is 5.95 Å². The lowest BCUT2D eigenvalue weighted by molar-refractivity contribution is 1.14. The van der Waals surface area contributed by atoms with Crippen LogP contribution in [0.5, 0.6) is 0 Å². The second-order valence-corrected chi connectivity index (χ2v) is 2.39. The summed E-state index contributed by atoms with van der Waals surface area (Å²) in [7, 11) is 1.78. The highest BCUT2D eigenvalue weighted by Gasteiger charge is 1.88. The Balaban J connectivity index is 0.000000810. The number of hydrogen-bond acceptors (Lipinski definition) is 3. The van der Waals surface area contributed by atoms with E-state index in [0.29, 0.717) is 5.95 Å². The Morgan fingerprint density at radius 2 is 1.90 bits per heavy atom. The largest absolute Gasteiger partial charge is 0.357 e. The van der Waals surface area contributed by atoms with Gasteiger partial charge in [-0.15, -0.1) is 12.4 Å². The van der Waals surface area contributed by atoms with Gasteiger partial charge >= 0.3 is 0 Å². The van der Waals surface area contributed by atoms with Crippen molar-refractivity contribution in [3.63, 3.8) is 0 Å². The van der Waals surface area contributed by atoms with Crippen LogP contribution in [-0.4, -0.2) is 17.0 Å². The molecule has 5 heteroatoms. The fourth-order valence-electron chi connectivity index (χ4n) is 0.441. The summed E-state index contributed by atoms with van der Waals surface area (Å²) in [4.78, 5) is 7.86. The van der Waals surface area contributed by atoms with Crippen molar-refractivity contribution in [3.05, 3.63) is 16.9 Å². The molecule has 1 aromatic heterocycles. The normalized spacial score (nSPS) is 8.20. The summed E-state index contributed by atoms with van der Waals surface area (Å²) in [5, 5.41) is 2.81. The van der Waals surface area contributed by atoms with Gasteiger partial charge in [0.05, 0.1) is 4.47 Å². The van der Waals surface area contributed by atoms with E-state index < -0.39 is 0 Å². The smallest absolute Gasteiger partial charge is 0.222 e. The number of aromatic nitrogens is 2. The van der Waals surface area contributed by atoms with Gasteiger partial charge in [0.1, 0.15) is 0 Å². The molecule has 1 heterocycles. The molecule has 0 radical (unpaired) electrons. The van der Waals surface area contributed by atoms with Crippen molar-refractivity contribution in [2.75, 3.05) is 12.4 Å². The molecule has 0 aliphatic heterocycles. The van der Waals surface area contributed by atoms with Crippen LogP contribution in [0.25, 0.3) is 0 Å². The van der Waals surface area contributed by atoms with Gasteiger partial charge in [-0.05, 0) is 15.9 Å². The van der Waals surface area contributed by atoms with Gasteiger partial charge in [-0.1, -0.05) is 0 Å². The molecule has 0 amide bonds. The van der Waals surface area contributed by atoms with E-state index in [0.717, 1.165) is 4.47 Å². The lowest BCUT2D eigenvalue weighted by Crippen LogP contribution is -1.93. The summed E-state index contributed by atoms with van der Waals surface area (Å²) in [6, 6.07) is 0. The van der Waals surface area contributed by atoms with Crippen molar-refractivity contribution in [1.82, 2.24) is 9.97 Å². The topological polar surface area (TPSA) is 37.8 Å². The van der Waals surface area contributed by atoms with E-state index in [1.54, 1.807) is 19.4 Å². The summed E-state index contributed by atoms with van der Waals surface area (Å²) in [6.07, 6.45) is 3.39. The third-order valence-corrected chi connectivity index (χ3v) is 1.25. The van der Waals surface area contributed by atoms with Gasteiger partial charge in [-0.25, -0.2) is 9.97 Å². The Hall–Kier alpha value is -0.350. The van der Waals surface area contributed by atoms with Crippen molar-refractivity contribution in [2.45, 2.75) is 0 Å². The van der Waals surface area contributed by atoms with E-state index in [1.807, 2.05) is 0 Å². The van der Waals surface area contributed by atoms with Crippen LogP contribution in [0.15, 0.2) is 16.9 Å². The molecule has 3 nitrogen and oxygen atoms in total. The summed E-state index contributed by atoms with van der Waals surface area (Å²) >= 11 is 3.22. The van der Waals surface area contributed by atoms with Crippen molar-refractivity contribution < 1.29 is 0 Å². The first-order chi connectivity index (χ1) is 4.33. The van der Waals surface area contributed by atoms with Crippen LogP contribution in [0.3, 0.4) is 0 Å². The maximum Gasteiger partial charge on any atom is 0.222 e. The molecule has 0 spiro atoms. The molecule has 56 valence electrons. The molecule has 0 aliphatic carbocycles. The minimum absolute atomic E-state index is 0. The molecule has 0 aliphatic rings. The third-order valence-electron chi connectivity index (χ3n) is 0.844. The van der Waals surface area contributed by atoms with Gasteiger partial charge in [-0.2, -0.15) is 0 Å². The van der Waals surface area contributed by atoms with E-state index in [1.165, 1.54) is 0 Å². The van der Waals surface area contributed by atoms with E-state index in [9.17, 15) is 0 Å². The third kappa shape index (κ3) is 2.49. The first-order valence-corrected chi connectivity index (χ1v) is 3.27. The van der Waals surface area contributed by atoms with Crippen molar-refractivity contribution >= 4 is 34.3 Å². The van der Waals surface area contributed by atoms with E-state index in [-0.39, 0.29) is 12.4 Å². The van der Waals surface area contributed by atoms with Gasteiger partial charge in [0.25, 0.3) is 0 Å². The minimum atomic E-state index is 0. The maximum atomic E-state index is 3.93. The summed E-state index contributed by atoms with van der Waals surface area (Å²) in [5.74, 6) is 0.637. The van der Waals surface area contributed by atoms with Crippen LogP contribution in [0.1, 0.15) is 0 Å². The number of anilines is 1. The molecule has 10 heavy (non-hydrogen) atoms. The molecule has 0 bridgehead atoms. The van der Waals surface area contributed by atoms with Crippen LogP contribution >= 0.6 is 28.3 Å². The highest BCUT2D eigenvalue weighted by atomic mass is 79.9. The van der Waals surface area contributed by atoms with Crippen molar-refractivity contribution in [1.29, 1.82) is 0 Å². The quantitative estimate of drug-likeness (QED) is 0.789. The number of halogens is 2. The summed E-state index contributed by atoms with van der Waals surface area (Å²) in [6.45, 7) is 0. The van der Waals surface area contributed by atoms with E-state index >= 15 is 0 Å². The average Bonchev–Trinajstić information content (AvgIpc) is 1.90. The zero-order chi connectivity index (χ0) is 6.69. The second-order valence-electron chi connectivity index (χ2n) is 1.47. The van der Waals surface area contributed by atoms with Crippen LogP contribution < -0.4 is 5.32 Å². The van der Waals surface area contributed by atoms with Gasteiger partial charge in [-0.3, -0.25) is 0 Å². The first kappa shape index (κ1) is 9.65. The number of rotatable bonds is 1. The Labute approximate surface area is 73.8 Å². The molecule has 0 aromatic carbocycles. The fraction of sp³-hybridized carbons (Fsp3) is 0.200. The standard InChI is InChI=1S/C5H6BrN3.ClH/c1-7-5-8-2-4(6)3-9-5;/h2-3H,1H3,(H,7,8,9);1H. The Morgan fingerprint density at radius 3 is 2.30 bits per heavy atom. The van der Waals surface area contributed by atoms with Crippen LogP contribution in [0, 0.1) is 0 Å². The number of hydrogen-bond donors (Lipinski definition) is 1. The Kier molecular flexibility index (Phi) is 4.31. The zero-order valence-corrected chi connectivity index (χ0v) is 7.74. The monoisotopic (exact) mass is 223 g/mol.